The smallest absolute Gasteiger partial charge is 0.244 e. The van der Waals surface area contributed by atoms with Crippen LogP contribution in [0.15, 0.2) is 54.6 Å². The summed E-state index contributed by atoms with van der Waals surface area (Å²) in [4.78, 5) is 28.2. The molecule has 0 aliphatic heterocycles. The highest BCUT2D eigenvalue weighted by molar-refractivity contribution is 7.92. The Bertz CT molecular complexity index is 1080. The van der Waals surface area contributed by atoms with Crippen LogP contribution in [-0.2, 0) is 26.2 Å². The molecule has 0 fully saturated rings. The molecule has 0 heterocycles. The van der Waals surface area contributed by atoms with E-state index in [0.717, 1.165) is 16.1 Å². The molecule has 1 atom stereocenters. The molecule has 0 radical (unpaired) electrons. The predicted molar refractivity (Wildman–Crippen MR) is 134 cm³/mol. The summed E-state index contributed by atoms with van der Waals surface area (Å²) >= 11 is 0. The summed E-state index contributed by atoms with van der Waals surface area (Å²) in [6.45, 7) is 7.16. The van der Waals surface area contributed by atoms with Gasteiger partial charge in [0.25, 0.3) is 0 Å². The first kappa shape index (κ1) is 27.2. The van der Waals surface area contributed by atoms with Crippen LogP contribution >= 0.6 is 0 Å². The fourth-order valence-corrected chi connectivity index (χ4v) is 4.37. The number of benzene rings is 2. The number of nitrogens with one attached hydrogen (secondary N) is 1. The van der Waals surface area contributed by atoms with Gasteiger partial charge in [-0.05, 0) is 44.9 Å². The molecule has 9 heteroatoms. The van der Waals surface area contributed by atoms with Crippen molar-refractivity contribution in [3.63, 3.8) is 0 Å². The summed E-state index contributed by atoms with van der Waals surface area (Å²) in [5.41, 5.74) is 0.665. The number of amides is 2. The molecule has 1 N–H and O–H groups in total. The van der Waals surface area contributed by atoms with Crippen LogP contribution in [0.5, 0.6) is 5.75 Å². The molecule has 0 saturated carbocycles. The molecule has 0 unspecified atom stereocenters. The first-order chi connectivity index (χ1) is 15.9. The number of nitrogens with zero attached hydrogens (tertiary/aromatic N) is 2. The monoisotopic (exact) mass is 489 g/mol. The lowest BCUT2D eigenvalue weighted by molar-refractivity contribution is -0.141. The van der Waals surface area contributed by atoms with E-state index < -0.39 is 34.1 Å². The Labute approximate surface area is 202 Å². The van der Waals surface area contributed by atoms with Gasteiger partial charge in [0.2, 0.25) is 21.8 Å². The number of carbonyl (C=O) groups is 2. The van der Waals surface area contributed by atoms with Gasteiger partial charge in [0, 0.05) is 18.2 Å². The zero-order valence-corrected chi connectivity index (χ0v) is 21.6. The second-order valence-corrected chi connectivity index (χ2v) is 11.0. The third-order valence-electron chi connectivity index (χ3n) is 5.10. The number of anilines is 1. The Morgan fingerprint density at radius 2 is 1.71 bits per heavy atom. The van der Waals surface area contributed by atoms with E-state index >= 15 is 0 Å². The van der Waals surface area contributed by atoms with E-state index in [2.05, 4.69) is 5.32 Å². The highest BCUT2D eigenvalue weighted by Crippen LogP contribution is 2.24. The number of hydrogen-bond donors (Lipinski definition) is 1. The second-order valence-electron chi connectivity index (χ2n) is 9.14. The number of sulfonamides is 1. The number of carbonyl (C=O) groups excluding carboxylic acids is 2. The lowest BCUT2D eigenvalue weighted by Gasteiger charge is -2.34. The largest absolute Gasteiger partial charge is 0.497 e. The fourth-order valence-electron chi connectivity index (χ4n) is 3.53. The maximum absolute atomic E-state index is 13.6. The van der Waals surface area contributed by atoms with Gasteiger partial charge in [0.15, 0.2) is 0 Å². The molecule has 0 bridgehead atoms. The maximum Gasteiger partial charge on any atom is 0.244 e. The molecular weight excluding hydrogens is 454 g/mol. The Balaban J connectivity index is 2.44. The summed E-state index contributed by atoms with van der Waals surface area (Å²) < 4.78 is 31.5. The van der Waals surface area contributed by atoms with Gasteiger partial charge in [-0.25, -0.2) is 8.42 Å². The average Bonchev–Trinajstić information content (AvgIpc) is 2.75. The minimum absolute atomic E-state index is 0.172. The van der Waals surface area contributed by atoms with Gasteiger partial charge in [0.1, 0.15) is 18.3 Å². The third kappa shape index (κ3) is 7.76. The van der Waals surface area contributed by atoms with Crippen molar-refractivity contribution in [2.75, 3.05) is 24.2 Å². The van der Waals surface area contributed by atoms with Crippen LogP contribution < -0.4 is 14.4 Å². The van der Waals surface area contributed by atoms with Gasteiger partial charge in [-0.15, -0.1) is 0 Å². The van der Waals surface area contributed by atoms with Gasteiger partial charge in [0.05, 0.1) is 19.1 Å². The van der Waals surface area contributed by atoms with Gasteiger partial charge in [-0.2, -0.15) is 0 Å². The normalized spacial score (nSPS) is 12.5. The zero-order valence-electron chi connectivity index (χ0n) is 20.7. The van der Waals surface area contributed by atoms with Gasteiger partial charge in [-0.3, -0.25) is 13.9 Å². The van der Waals surface area contributed by atoms with E-state index in [1.807, 2.05) is 58.0 Å². The minimum Gasteiger partial charge on any atom is -0.497 e. The number of hydrogen-bond acceptors (Lipinski definition) is 5. The van der Waals surface area contributed by atoms with Crippen molar-refractivity contribution < 1.29 is 22.7 Å². The molecule has 8 nitrogen and oxygen atoms in total. The van der Waals surface area contributed by atoms with Crippen LogP contribution in [0.2, 0.25) is 0 Å². The Morgan fingerprint density at radius 3 is 2.24 bits per heavy atom. The van der Waals surface area contributed by atoms with Gasteiger partial charge in [-0.1, -0.05) is 43.3 Å². The topological polar surface area (TPSA) is 96.0 Å². The zero-order chi connectivity index (χ0) is 25.5. The summed E-state index contributed by atoms with van der Waals surface area (Å²) in [6.07, 6.45) is 1.42. The SMILES string of the molecule is CC[C@H](C(=O)NC(C)(C)C)N(Cc1ccccc1)C(=O)CN(c1cccc(OC)c1)S(C)(=O)=O. The van der Waals surface area contributed by atoms with Crippen molar-refractivity contribution in [1.82, 2.24) is 10.2 Å². The van der Waals surface area contributed by atoms with Crippen LogP contribution in [0.4, 0.5) is 5.69 Å². The van der Waals surface area contributed by atoms with Crippen LogP contribution in [-0.4, -0.2) is 56.6 Å². The molecular formula is C25H35N3O5S. The van der Waals surface area contributed by atoms with Crippen molar-refractivity contribution >= 4 is 27.5 Å². The van der Waals surface area contributed by atoms with E-state index in [0.29, 0.717) is 17.9 Å². The highest BCUT2D eigenvalue weighted by Gasteiger charge is 2.33. The van der Waals surface area contributed by atoms with Crippen LogP contribution in [0.1, 0.15) is 39.7 Å². The van der Waals surface area contributed by atoms with Crippen LogP contribution in [0.3, 0.4) is 0 Å². The van der Waals surface area contributed by atoms with E-state index in [9.17, 15) is 18.0 Å². The Kier molecular flexibility index (Phi) is 9.09. The fraction of sp³-hybridized carbons (Fsp3) is 0.440. The van der Waals surface area contributed by atoms with E-state index in [-0.39, 0.29) is 12.5 Å². The first-order valence-electron chi connectivity index (χ1n) is 11.1. The summed E-state index contributed by atoms with van der Waals surface area (Å²) in [5.74, 6) is -0.296. The highest BCUT2D eigenvalue weighted by atomic mass is 32.2. The van der Waals surface area contributed by atoms with Crippen molar-refractivity contribution in [3.8, 4) is 5.75 Å². The molecule has 34 heavy (non-hydrogen) atoms. The molecule has 0 spiro atoms. The van der Waals surface area contributed by atoms with E-state index in [1.165, 1.54) is 12.0 Å². The Hall–Kier alpha value is -3.07. The molecule has 186 valence electrons. The van der Waals surface area contributed by atoms with Crippen LogP contribution in [0, 0.1) is 0 Å². The molecule has 0 saturated heterocycles. The molecule has 2 aromatic carbocycles. The maximum atomic E-state index is 13.6. The summed E-state index contributed by atoms with van der Waals surface area (Å²) in [6, 6.07) is 15.0. The van der Waals surface area contributed by atoms with Crippen LogP contribution in [0.25, 0.3) is 0 Å². The number of methoxy groups -OCH3 is 1. The molecule has 2 aromatic rings. The van der Waals surface area contributed by atoms with Crippen molar-refractivity contribution in [1.29, 1.82) is 0 Å². The second kappa shape index (κ2) is 11.4. The molecule has 2 rings (SSSR count). The number of rotatable bonds is 10. The minimum atomic E-state index is -3.80. The molecule has 0 aliphatic carbocycles. The van der Waals surface area contributed by atoms with E-state index in [4.69, 9.17) is 4.74 Å². The standard InChI is InChI=1S/C25H35N3O5S/c1-7-22(24(30)26-25(2,3)4)27(17-19-12-9-8-10-13-19)23(29)18-28(34(6,31)32)20-14-11-15-21(16-20)33-5/h8-16,22H,7,17-18H2,1-6H3,(H,26,30)/t22-/m1/s1. The lowest BCUT2D eigenvalue weighted by atomic mass is 10.1. The quantitative estimate of drug-likeness (QED) is 0.553. The average molecular weight is 490 g/mol. The molecule has 2 amide bonds. The summed E-state index contributed by atoms with van der Waals surface area (Å²) in [5, 5.41) is 2.94. The van der Waals surface area contributed by atoms with Gasteiger partial charge < -0.3 is 15.0 Å². The Morgan fingerprint density at radius 1 is 1.06 bits per heavy atom. The number of ether oxygens (including phenoxy) is 1. The predicted octanol–water partition coefficient (Wildman–Crippen LogP) is 3.18. The lowest BCUT2D eigenvalue weighted by Crippen LogP contribution is -2.55. The van der Waals surface area contributed by atoms with E-state index in [1.54, 1.807) is 24.3 Å². The third-order valence-corrected chi connectivity index (χ3v) is 6.24. The summed E-state index contributed by atoms with van der Waals surface area (Å²) in [7, 11) is -2.31. The van der Waals surface area contributed by atoms with Crippen molar-refractivity contribution in [2.24, 2.45) is 0 Å². The van der Waals surface area contributed by atoms with Gasteiger partial charge >= 0.3 is 0 Å². The molecule has 0 aliphatic rings. The van der Waals surface area contributed by atoms with Crippen molar-refractivity contribution in [2.45, 2.75) is 52.2 Å². The molecule has 0 aromatic heterocycles. The first-order valence-corrected chi connectivity index (χ1v) is 13.0. The van der Waals surface area contributed by atoms with Crippen molar-refractivity contribution in [3.05, 3.63) is 60.2 Å².